The van der Waals surface area contributed by atoms with Crippen molar-refractivity contribution in [3.8, 4) is 0 Å². The van der Waals surface area contributed by atoms with Gasteiger partial charge in [0.05, 0.1) is 5.25 Å². The van der Waals surface area contributed by atoms with E-state index in [-0.39, 0.29) is 5.25 Å². The van der Waals surface area contributed by atoms with Gasteiger partial charge < -0.3 is 0 Å². The van der Waals surface area contributed by atoms with E-state index >= 15 is 0 Å². The van der Waals surface area contributed by atoms with E-state index in [0.717, 1.165) is 36.9 Å². The van der Waals surface area contributed by atoms with Crippen LogP contribution in [0.25, 0.3) is 0 Å². The Morgan fingerprint density at radius 2 is 1.50 bits per heavy atom. The molecule has 6 heteroatoms. The van der Waals surface area contributed by atoms with Gasteiger partial charge in [0, 0.05) is 12.0 Å². The van der Waals surface area contributed by atoms with Crippen LogP contribution in [0.5, 0.6) is 0 Å². The lowest BCUT2D eigenvalue weighted by Crippen LogP contribution is -2.01. The Kier molecular flexibility index (Phi) is 11.4. The zero-order chi connectivity index (χ0) is 17.7. The normalized spacial score (nSPS) is 13.1. The van der Waals surface area contributed by atoms with E-state index in [0.29, 0.717) is 0 Å². The highest BCUT2D eigenvalue weighted by Gasteiger charge is 2.16. The van der Waals surface area contributed by atoms with Crippen LogP contribution in [0.1, 0.15) is 81.9 Å². The van der Waals surface area contributed by atoms with Crippen LogP contribution >= 0.6 is 12.0 Å². The minimum atomic E-state index is -4.41. The van der Waals surface area contributed by atoms with Gasteiger partial charge in [-0.25, -0.2) is 0 Å². The fourth-order valence-corrected chi connectivity index (χ4v) is 3.98. The van der Waals surface area contributed by atoms with Crippen LogP contribution in [0, 0.1) is 0 Å². The molecule has 138 valence electrons. The number of hydrogen-bond acceptors (Lipinski definition) is 4. The molecule has 1 rings (SSSR count). The molecule has 1 atom stereocenters. The summed E-state index contributed by atoms with van der Waals surface area (Å²) < 4.78 is 34.9. The predicted octanol–water partition coefficient (Wildman–Crippen LogP) is 6.12. The summed E-state index contributed by atoms with van der Waals surface area (Å²) in [4.78, 5) is 0. The Hall–Kier alpha value is -0.560. The van der Waals surface area contributed by atoms with Crippen LogP contribution in [0.2, 0.25) is 0 Å². The Morgan fingerprint density at radius 3 is 2.04 bits per heavy atom. The Labute approximate surface area is 151 Å². The fourth-order valence-electron chi connectivity index (χ4n) is 2.68. The van der Waals surface area contributed by atoms with Gasteiger partial charge in [-0.1, -0.05) is 95.0 Å². The fraction of sp³-hybridized carbons (Fsp3) is 0.667. The second kappa shape index (κ2) is 12.8. The molecular formula is C18H30O4S2. The highest BCUT2D eigenvalue weighted by atomic mass is 32.3. The largest absolute Gasteiger partial charge is 0.408 e. The van der Waals surface area contributed by atoms with Gasteiger partial charge in [0.1, 0.15) is 0 Å². The van der Waals surface area contributed by atoms with Crippen molar-refractivity contribution in [2.24, 2.45) is 0 Å². The molecule has 0 bridgehead atoms. The Balaban J connectivity index is 2.27. The third-order valence-electron chi connectivity index (χ3n) is 3.98. The van der Waals surface area contributed by atoms with Crippen molar-refractivity contribution >= 4 is 22.4 Å². The summed E-state index contributed by atoms with van der Waals surface area (Å²) in [6, 6.07) is 9.68. The van der Waals surface area contributed by atoms with Crippen LogP contribution in [-0.2, 0) is 14.0 Å². The number of unbranched alkanes of at least 4 members (excludes halogenated alkanes) is 8. The summed E-state index contributed by atoms with van der Waals surface area (Å²) >= 11 is 0.821. The number of hydrogen-bond donors (Lipinski definition) is 1. The average molecular weight is 375 g/mol. The SMILES string of the molecule is CCCCCCCCCCCC(SOS(=O)(=O)O)c1ccccc1. The first kappa shape index (κ1) is 21.5. The van der Waals surface area contributed by atoms with Crippen LogP contribution in [0.15, 0.2) is 30.3 Å². The molecule has 0 fully saturated rings. The van der Waals surface area contributed by atoms with Gasteiger partial charge >= 0.3 is 10.4 Å². The summed E-state index contributed by atoms with van der Waals surface area (Å²) in [6.45, 7) is 2.23. The molecule has 1 unspecified atom stereocenters. The van der Waals surface area contributed by atoms with E-state index in [1.165, 1.54) is 44.9 Å². The van der Waals surface area contributed by atoms with Gasteiger partial charge in [0.25, 0.3) is 0 Å². The molecule has 4 nitrogen and oxygen atoms in total. The molecule has 0 spiro atoms. The molecule has 0 amide bonds. The first-order chi connectivity index (χ1) is 11.5. The number of rotatable bonds is 14. The molecule has 0 saturated carbocycles. The van der Waals surface area contributed by atoms with Crippen LogP contribution < -0.4 is 0 Å². The van der Waals surface area contributed by atoms with Gasteiger partial charge in [-0.2, -0.15) is 12.0 Å². The molecule has 0 saturated heterocycles. The van der Waals surface area contributed by atoms with Crippen LogP contribution in [0.3, 0.4) is 0 Å². The third kappa shape index (κ3) is 11.1. The summed E-state index contributed by atoms with van der Waals surface area (Å²) in [5.74, 6) is 0. The van der Waals surface area contributed by atoms with Crippen molar-refractivity contribution in [3.05, 3.63) is 35.9 Å². The molecule has 1 aromatic rings. The summed E-state index contributed by atoms with van der Waals surface area (Å²) in [6.07, 6.45) is 12.1. The van der Waals surface area contributed by atoms with Gasteiger partial charge in [0.2, 0.25) is 0 Å². The first-order valence-electron chi connectivity index (χ1n) is 8.90. The monoisotopic (exact) mass is 374 g/mol. The van der Waals surface area contributed by atoms with Crippen molar-refractivity contribution in [2.45, 2.75) is 76.4 Å². The second-order valence-electron chi connectivity index (χ2n) is 6.11. The minimum Gasteiger partial charge on any atom is -0.263 e. The highest BCUT2D eigenvalue weighted by Crippen LogP contribution is 2.35. The average Bonchev–Trinajstić information content (AvgIpc) is 2.56. The molecule has 0 radical (unpaired) electrons. The molecule has 0 aromatic heterocycles. The topological polar surface area (TPSA) is 63.6 Å². The van der Waals surface area contributed by atoms with Crippen molar-refractivity contribution < 1.29 is 16.6 Å². The lowest BCUT2D eigenvalue weighted by Gasteiger charge is -2.15. The maximum Gasteiger partial charge on any atom is 0.408 e. The Bertz CT molecular complexity index is 517. The molecule has 0 aliphatic rings. The lowest BCUT2D eigenvalue weighted by atomic mass is 10.0. The highest BCUT2D eigenvalue weighted by molar-refractivity contribution is 8.02. The van der Waals surface area contributed by atoms with Crippen LogP contribution in [-0.4, -0.2) is 13.0 Å². The first-order valence-corrected chi connectivity index (χ1v) is 11.1. The second-order valence-corrected chi connectivity index (χ2v) is 8.27. The van der Waals surface area contributed by atoms with E-state index in [2.05, 4.69) is 10.6 Å². The molecule has 1 aromatic carbocycles. The van der Waals surface area contributed by atoms with E-state index < -0.39 is 10.4 Å². The zero-order valence-corrected chi connectivity index (χ0v) is 16.2. The molecule has 1 N–H and O–H groups in total. The van der Waals surface area contributed by atoms with E-state index in [9.17, 15) is 8.42 Å². The van der Waals surface area contributed by atoms with Crippen molar-refractivity contribution in [2.75, 3.05) is 0 Å². The molecular weight excluding hydrogens is 344 g/mol. The summed E-state index contributed by atoms with van der Waals surface area (Å²) in [5, 5.41) is -0.0855. The molecule has 0 heterocycles. The summed E-state index contributed by atoms with van der Waals surface area (Å²) in [5.41, 5.74) is 1.02. The zero-order valence-electron chi connectivity index (χ0n) is 14.5. The number of benzene rings is 1. The molecule has 24 heavy (non-hydrogen) atoms. The van der Waals surface area contributed by atoms with Gasteiger partial charge in [-0.05, 0) is 12.0 Å². The van der Waals surface area contributed by atoms with Crippen molar-refractivity contribution in [1.82, 2.24) is 0 Å². The smallest absolute Gasteiger partial charge is 0.263 e. The quantitative estimate of drug-likeness (QED) is 0.241. The summed E-state index contributed by atoms with van der Waals surface area (Å²) in [7, 11) is -4.41. The Morgan fingerprint density at radius 1 is 0.958 bits per heavy atom. The van der Waals surface area contributed by atoms with E-state index in [1.54, 1.807) is 0 Å². The standard InChI is InChI=1S/C18H30O4S2/c1-2-3-4-5-6-7-8-9-13-16-18(23-22-24(19,20)21)17-14-11-10-12-15-17/h10-12,14-15,18H,2-9,13,16H2,1H3,(H,19,20,21). The van der Waals surface area contributed by atoms with Crippen molar-refractivity contribution in [1.29, 1.82) is 0 Å². The minimum absolute atomic E-state index is 0.0855. The maximum absolute atomic E-state index is 10.8. The van der Waals surface area contributed by atoms with Gasteiger partial charge in [-0.3, -0.25) is 4.55 Å². The third-order valence-corrected chi connectivity index (χ3v) is 5.72. The van der Waals surface area contributed by atoms with E-state index in [4.69, 9.17) is 4.55 Å². The van der Waals surface area contributed by atoms with Crippen molar-refractivity contribution in [3.63, 3.8) is 0 Å². The van der Waals surface area contributed by atoms with E-state index in [1.807, 2.05) is 30.3 Å². The van der Waals surface area contributed by atoms with Gasteiger partial charge in [0.15, 0.2) is 0 Å². The molecule has 0 aliphatic carbocycles. The predicted molar refractivity (Wildman–Crippen MR) is 101 cm³/mol. The molecule has 0 aliphatic heterocycles. The lowest BCUT2D eigenvalue weighted by molar-refractivity contribution is 0.406. The van der Waals surface area contributed by atoms with Gasteiger partial charge in [-0.15, -0.1) is 0 Å². The van der Waals surface area contributed by atoms with Crippen LogP contribution in [0.4, 0.5) is 0 Å². The maximum atomic E-state index is 10.8.